The van der Waals surface area contributed by atoms with E-state index in [4.69, 9.17) is 5.73 Å². The van der Waals surface area contributed by atoms with Gasteiger partial charge in [-0.05, 0) is 37.2 Å². The van der Waals surface area contributed by atoms with Gasteiger partial charge in [0.15, 0.2) is 0 Å². The van der Waals surface area contributed by atoms with Crippen molar-refractivity contribution in [3.05, 3.63) is 51.4 Å². The average molecular weight is 383 g/mol. The molecule has 2 amide bonds. The van der Waals surface area contributed by atoms with Crippen LogP contribution in [0.5, 0.6) is 0 Å². The van der Waals surface area contributed by atoms with Crippen LogP contribution >= 0.6 is 11.3 Å². The Balaban J connectivity index is 1.92. The van der Waals surface area contributed by atoms with Crippen LogP contribution in [0.25, 0.3) is 0 Å². The maximum absolute atomic E-state index is 12.8. The zero-order chi connectivity index (χ0) is 19.1. The Labute approximate surface area is 151 Å². The third-order valence-corrected chi connectivity index (χ3v) is 5.37. The first-order valence-electron chi connectivity index (χ1n) is 7.78. The molecule has 2 heterocycles. The van der Waals surface area contributed by atoms with E-state index in [1.54, 1.807) is 0 Å². The zero-order valence-electron chi connectivity index (χ0n) is 13.8. The van der Waals surface area contributed by atoms with Crippen LogP contribution < -0.4 is 11.1 Å². The van der Waals surface area contributed by atoms with Gasteiger partial charge in [-0.3, -0.25) is 9.59 Å². The van der Waals surface area contributed by atoms with E-state index in [1.807, 2.05) is 11.9 Å². The number of amides is 2. The second-order valence-electron chi connectivity index (χ2n) is 6.09. The topological polar surface area (TPSA) is 75.4 Å². The number of hydrogen-bond acceptors (Lipinski definition) is 4. The van der Waals surface area contributed by atoms with Crippen molar-refractivity contribution < 1.29 is 22.8 Å². The molecule has 2 aromatic rings. The summed E-state index contributed by atoms with van der Waals surface area (Å²) in [4.78, 5) is 27.3. The summed E-state index contributed by atoms with van der Waals surface area (Å²) in [5, 5.41) is 2.83. The van der Waals surface area contributed by atoms with Crippen LogP contribution in [0.4, 0.5) is 18.2 Å². The van der Waals surface area contributed by atoms with E-state index in [0.29, 0.717) is 6.54 Å². The Morgan fingerprint density at radius 2 is 2.04 bits per heavy atom. The van der Waals surface area contributed by atoms with Gasteiger partial charge in [0.05, 0.1) is 11.1 Å². The minimum atomic E-state index is -4.54. The van der Waals surface area contributed by atoms with Crippen LogP contribution in [-0.4, -0.2) is 30.3 Å². The van der Waals surface area contributed by atoms with Crippen LogP contribution in [0.2, 0.25) is 0 Å². The van der Waals surface area contributed by atoms with Gasteiger partial charge in [-0.15, -0.1) is 11.3 Å². The van der Waals surface area contributed by atoms with Crippen LogP contribution in [0.3, 0.4) is 0 Å². The molecule has 5 nitrogen and oxygen atoms in total. The first kappa shape index (κ1) is 18.4. The minimum absolute atomic E-state index is 0.140. The van der Waals surface area contributed by atoms with E-state index in [1.165, 1.54) is 23.5 Å². The maximum atomic E-state index is 12.8. The van der Waals surface area contributed by atoms with Gasteiger partial charge in [0.1, 0.15) is 5.00 Å². The van der Waals surface area contributed by atoms with E-state index in [9.17, 15) is 22.8 Å². The number of primary amides is 1. The number of nitrogens with zero attached hydrogens (tertiary/aromatic N) is 1. The normalized spacial score (nSPS) is 14.8. The second-order valence-corrected chi connectivity index (χ2v) is 7.20. The molecule has 26 heavy (non-hydrogen) atoms. The van der Waals surface area contributed by atoms with Gasteiger partial charge in [0, 0.05) is 23.5 Å². The summed E-state index contributed by atoms with van der Waals surface area (Å²) >= 11 is 1.24. The third-order valence-electron chi connectivity index (χ3n) is 4.16. The fourth-order valence-corrected chi connectivity index (χ4v) is 4.08. The molecule has 138 valence electrons. The van der Waals surface area contributed by atoms with Crippen molar-refractivity contribution in [2.24, 2.45) is 5.73 Å². The van der Waals surface area contributed by atoms with Crippen molar-refractivity contribution >= 4 is 28.2 Å². The molecule has 1 aromatic carbocycles. The minimum Gasteiger partial charge on any atom is -0.365 e. The number of benzene rings is 1. The monoisotopic (exact) mass is 383 g/mol. The Bertz CT molecular complexity index is 877. The number of fused-ring (bicyclic) bond motifs is 1. The molecule has 0 bridgehead atoms. The molecule has 0 saturated heterocycles. The zero-order valence-corrected chi connectivity index (χ0v) is 14.6. The number of anilines is 1. The summed E-state index contributed by atoms with van der Waals surface area (Å²) in [6.45, 7) is 1.34. The number of nitrogens with one attached hydrogen (secondary N) is 1. The first-order chi connectivity index (χ1) is 12.2. The number of thiophene rings is 1. The number of nitrogens with two attached hydrogens (primary N) is 1. The summed E-state index contributed by atoms with van der Waals surface area (Å²) in [7, 11) is 1.91. The Kier molecular flexibility index (Phi) is 4.76. The molecule has 0 unspecified atom stereocenters. The van der Waals surface area contributed by atoms with Gasteiger partial charge in [0.25, 0.3) is 11.8 Å². The van der Waals surface area contributed by atoms with E-state index in [2.05, 4.69) is 5.32 Å². The summed E-state index contributed by atoms with van der Waals surface area (Å²) in [6, 6.07) is 4.13. The highest BCUT2D eigenvalue weighted by Gasteiger charge is 2.31. The summed E-state index contributed by atoms with van der Waals surface area (Å²) < 4.78 is 38.5. The molecular formula is C17H16F3N3O2S. The van der Waals surface area contributed by atoms with Gasteiger partial charge in [-0.2, -0.15) is 13.2 Å². The second kappa shape index (κ2) is 6.73. The number of rotatable bonds is 3. The van der Waals surface area contributed by atoms with Gasteiger partial charge >= 0.3 is 6.18 Å². The van der Waals surface area contributed by atoms with Gasteiger partial charge < -0.3 is 16.0 Å². The highest BCUT2D eigenvalue weighted by Crippen LogP contribution is 2.37. The van der Waals surface area contributed by atoms with Crippen molar-refractivity contribution in [2.75, 3.05) is 18.9 Å². The summed E-state index contributed by atoms with van der Waals surface area (Å²) in [6.07, 6.45) is -3.82. The number of halogens is 3. The van der Waals surface area contributed by atoms with Crippen molar-refractivity contribution in [2.45, 2.75) is 19.1 Å². The molecule has 3 N–H and O–H groups in total. The highest BCUT2D eigenvalue weighted by molar-refractivity contribution is 7.17. The average Bonchev–Trinajstić information content (AvgIpc) is 2.91. The predicted molar refractivity (Wildman–Crippen MR) is 92.3 cm³/mol. The lowest BCUT2D eigenvalue weighted by atomic mass is 10.0. The lowest BCUT2D eigenvalue weighted by Crippen LogP contribution is -2.27. The largest absolute Gasteiger partial charge is 0.416 e. The van der Waals surface area contributed by atoms with Crippen LogP contribution in [0, 0.1) is 0 Å². The van der Waals surface area contributed by atoms with Crippen molar-refractivity contribution in [1.82, 2.24) is 4.90 Å². The molecule has 9 heteroatoms. The Morgan fingerprint density at radius 3 is 2.69 bits per heavy atom. The standard InChI is InChI=1S/C17H16F3N3O2S/c1-23-6-5-12-11(8-23)13(14(21)24)16(26-12)22-15(25)9-3-2-4-10(7-9)17(18,19)20/h2-4,7H,5-6,8H2,1H3,(H2,21,24)(H,22,25). The molecule has 0 radical (unpaired) electrons. The van der Waals surface area contributed by atoms with E-state index >= 15 is 0 Å². The number of hydrogen-bond donors (Lipinski definition) is 2. The molecule has 0 atom stereocenters. The number of carbonyl (C=O) groups is 2. The molecule has 0 spiro atoms. The summed E-state index contributed by atoms with van der Waals surface area (Å²) in [5.41, 5.74) is 5.43. The van der Waals surface area contributed by atoms with Gasteiger partial charge in [-0.25, -0.2) is 0 Å². The molecule has 0 saturated carbocycles. The van der Waals surface area contributed by atoms with Gasteiger partial charge in [-0.1, -0.05) is 6.07 Å². The third kappa shape index (κ3) is 3.58. The molecule has 1 aromatic heterocycles. The molecule has 0 aliphatic carbocycles. The molecule has 0 fully saturated rings. The number of likely N-dealkylation sites (N-methyl/N-ethyl adjacent to an activating group) is 1. The van der Waals surface area contributed by atoms with Crippen LogP contribution in [-0.2, 0) is 19.1 Å². The fraction of sp³-hybridized carbons (Fsp3) is 0.294. The molecule has 1 aliphatic heterocycles. The van der Waals surface area contributed by atoms with E-state index in [0.717, 1.165) is 35.5 Å². The molecule has 1 aliphatic rings. The highest BCUT2D eigenvalue weighted by atomic mass is 32.1. The number of alkyl halides is 3. The van der Waals surface area contributed by atoms with Crippen molar-refractivity contribution in [3.63, 3.8) is 0 Å². The number of carbonyl (C=O) groups excluding carboxylic acids is 2. The lowest BCUT2D eigenvalue weighted by molar-refractivity contribution is -0.137. The van der Waals surface area contributed by atoms with Crippen LogP contribution in [0.15, 0.2) is 24.3 Å². The van der Waals surface area contributed by atoms with E-state index in [-0.39, 0.29) is 16.1 Å². The van der Waals surface area contributed by atoms with Crippen LogP contribution in [0.1, 0.15) is 36.7 Å². The first-order valence-corrected chi connectivity index (χ1v) is 8.60. The Hall–Kier alpha value is -2.39. The molecular weight excluding hydrogens is 367 g/mol. The van der Waals surface area contributed by atoms with Crippen molar-refractivity contribution in [1.29, 1.82) is 0 Å². The fourth-order valence-electron chi connectivity index (χ4n) is 2.88. The Morgan fingerprint density at radius 1 is 1.31 bits per heavy atom. The maximum Gasteiger partial charge on any atom is 0.416 e. The predicted octanol–water partition coefficient (Wildman–Crippen LogP) is 3.11. The quantitative estimate of drug-likeness (QED) is 0.855. The van der Waals surface area contributed by atoms with E-state index < -0.39 is 23.6 Å². The molecule has 3 rings (SSSR count). The smallest absolute Gasteiger partial charge is 0.365 e. The lowest BCUT2D eigenvalue weighted by Gasteiger charge is -2.22. The summed E-state index contributed by atoms with van der Waals surface area (Å²) in [5.74, 6) is -1.39. The van der Waals surface area contributed by atoms with Crippen molar-refractivity contribution in [3.8, 4) is 0 Å². The SMILES string of the molecule is CN1CCc2sc(NC(=O)c3cccc(C(F)(F)F)c3)c(C(N)=O)c2C1. The van der Waals surface area contributed by atoms with Gasteiger partial charge in [0.2, 0.25) is 0 Å².